The normalized spacial score (nSPS) is 22.3. The van der Waals surface area contributed by atoms with Gasteiger partial charge in [0, 0.05) is 6.54 Å². The monoisotopic (exact) mass is 362 g/mol. The van der Waals surface area contributed by atoms with Crippen LogP contribution in [-0.4, -0.2) is 46.8 Å². The third-order valence-electron chi connectivity index (χ3n) is 3.72. The smallest absolute Gasteiger partial charge is 0.209 e. The molecule has 1 aliphatic rings. The van der Waals surface area contributed by atoms with Crippen LogP contribution in [0.4, 0.5) is 0 Å². The van der Waals surface area contributed by atoms with Crippen LogP contribution in [-0.2, 0) is 0 Å². The summed E-state index contributed by atoms with van der Waals surface area (Å²) in [5.74, 6) is 0.801. The first-order valence-corrected chi connectivity index (χ1v) is 9.69. The third-order valence-corrected chi connectivity index (χ3v) is 4.57. The molecule has 1 rings (SSSR count). The minimum atomic E-state index is -0.156. The van der Waals surface area contributed by atoms with Crippen LogP contribution in [0.15, 0.2) is 4.99 Å². The van der Waals surface area contributed by atoms with E-state index in [1.807, 2.05) is 8.61 Å². The summed E-state index contributed by atoms with van der Waals surface area (Å²) in [6.45, 7) is 9.32. The Kier molecular flexibility index (Phi) is 11.1. The van der Waals surface area contributed by atoms with E-state index in [9.17, 15) is 0 Å². The van der Waals surface area contributed by atoms with E-state index in [0.29, 0.717) is 0 Å². The molecule has 1 heterocycles. The lowest BCUT2D eigenvalue weighted by molar-refractivity contribution is 0.135. The highest BCUT2D eigenvalue weighted by Gasteiger charge is 2.33. The predicted octanol–water partition coefficient (Wildman–Crippen LogP) is 2.39. The van der Waals surface area contributed by atoms with Gasteiger partial charge in [0.2, 0.25) is 5.96 Å². The first-order valence-electron chi connectivity index (χ1n) is 8.89. The van der Waals surface area contributed by atoms with Gasteiger partial charge in [-0.2, -0.15) is 4.31 Å². The largest absolute Gasteiger partial charge is 0.355 e. The number of nitrogens with zero attached hydrogens (tertiary/aromatic N) is 3. The summed E-state index contributed by atoms with van der Waals surface area (Å²) >= 11 is 9.27. The fourth-order valence-electron chi connectivity index (χ4n) is 2.23. The Balaban J connectivity index is 2.72. The molecule has 136 valence electrons. The van der Waals surface area contributed by atoms with Gasteiger partial charge in [-0.25, -0.2) is 4.99 Å². The van der Waals surface area contributed by atoms with E-state index in [2.05, 4.69) is 62.4 Å². The Bertz CT molecular complexity index is 342. The van der Waals surface area contributed by atoms with E-state index < -0.39 is 0 Å². The van der Waals surface area contributed by atoms with Crippen LogP contribution in [0, 0.1) is 0 Å². The number of thiol groups is 2. The molecule has 2 unspecified atom stereocenters. The molecule has 0 fully saturated rings. The number of hydrogen-bond acceptors (Lipinski definition) is 8. The topological polar surface area (TPSA) is 54.9 Å². The fourth-order valence-corrected chi connectivity index (χ4v) is 2.95. The molecule has 0 aromatic heterocycles. The van der Waals surface area contributed by atoms with Gasteiger partial charge in [-0.05, 0) is 32.4 Å². The minimum Gasteiger partial charge on any atom is -0.355 e. The first kappa shape index (κ1) is 20.9. The molecule has 0 spiro atoms. The summed E-state index contributed by atoms with van der Waals surface area (Å²) in [4.78, 5) is 4.72. The molecule has 0 aliphatic carbocycles. The summed E-state index contributed by atoms with van der Waals surface area (Å²) in [6.07, 6.45) is 6.59. The lowest BCUT2D eigenvalue weighted by Crippen LogP contribution is -2.63. The Morgan fingerprint density at radius 1 is 0.913 bits per heavy atom. The highest BCUT2D eigenvalue weighted by molar-refractivity contribution is 7.79. The quantitative estimate of drug-likeness (QED) is 0.289. The molecule has 0 aromatic carbocycles. The van der Waals surface area contributed by atoms with Crippen molar-refractivity contribution >= 4 is 31.6 Å². The van der Waals surface area contributed by atoms with Crippen LogP contribution in [0.5, 0.6) is 0 Å². The Hall–Kier alpha value is -0.150. The summed E-state index contributed by atoms with van der Waals surface area (Å²) < 4.78 is 3.72. The average molecular weight is 363 g/mol. The van der Waals surface area contributed by atoms with E-state index in [-0.39, 0.29) is 12.6 Å². The van der Waals surface area contributed by atoms with Gasteiger partial charge in [0.1, 0.15) is 0 Å². The number of nitrogens with one attached hydrogen (secondary N) is 3. The maximum Gasteiger partial charge on any atom is 0.209 e. The van der Waals surface area contributed by atoms with Crippen LogP contribution in [0.1, 0.15) is 59.3 Å². The SMILES string of the molecule is CCCCNC1=NC(NCCCC)N(S)C(NCCCC)N1S. The third kappa shape index (κ3) is 7.09. The molecule has 1 aliphatic heterocycles. The molecule has 0 saturated heterocycles. The maximum atomic E-state index is 4.72. The van der Waals surface area contributed by atoms with E-state index >= 15 is 0 Å². The first-order chi connectivity index (χ1) is 11.2. The molecular weight excluding hydrogens is 328 g/mol. The van der Waals surface area contributed by atoms with Gasteiger partial charge in [-0.3, -0.25) is 14.9 Å². The Labute approximate surface area is 152 Å². The lowest BCUT2D eigenvalue weighted by Gasteiger charge is -2.42. The van der Waals surface area contributed by atoms with Gasteiger partial charge in [-0.15, -0.1) is 0 Å². The molecule has 2 atom stereocenters. The van der Waals surface area contributed by atoms with Crippen molar-refractivity contribution in [2.24, 2.45) is 4.99 Å². The molecule has 6 nitrogen and oxygen atoms in total. The number of aliphatic imine (C=N–C) groups is 1. The van der Waals surface area contributed by atoms with Gasteiger partial charge in [0.15, 0.2) is 12.6 Å². The summed E-state index contributed by atoms with van der Waals surface area (Å²) in [7, 11) is 0. The molecule has 8 heteroatoms. The number of unbranched alkanes of at least 4 members (excludes halogenated alkanes) is 3. The fraction of sp³-hybridized carbons (Fsp3) is 0.933. The highest BCUT2D eigenvalue weighted by Crippen LogP contribution is 2.19. The van der Waals surface area contributed by atoms with Crippen LogP contribution in [0.2, 0.25) is 0 Å². The van der Waals surface area contributed by atoms with Crippen molar-refractivity contribution in [3.05, 3.63) is 0 Å². The zero-order chi connectivity index (χ0) is 17.1. The Morgan fingerprint density at radius 3 is 2.09 bits per heavy atom. The minimum absolute atomic E-state index is 0.103. The molecule has 0 saturated carbocycles. The molecule has 0 radical (unpaired) electrons. The van der Waals surface area contributed by atoms with Gasteiger partial charge in [0.05, 0.1) is 0 Å². The second-order valence-corrected chi connectivity index (χ2v) is 6.71. The zero-order valence-electron chi connectivity index (χ0n) is 14.8. The van der Waals surface area contributed by atoms with Crippen molar-refractivity contribution in [1.29, 1.82) is 0 Å². The van der Waals surface area contributed by atoms with Crippen molar-refractivity contribution in [3.8, 4) is 0 Å². The summed E-state index contributed by atoms with van der Waals surface area (Å²) in [5.41, 5.74) is 0. The van der Waals surface area contributed by atoms with Crippen molar-refractivity contribution in [3.63, 3.8) is 0 Å². The lowest BCUT2D eigenvalue weighted by atomic mass is 10.3. The summed E-state index contributed by atoms with van der Waals surface area (Å²) in [6, 6.07) is 0. The predicted molar refractivity (Wildman–Crippen MR) is 105 cm³/mol. The summed E-state index contributed by atoms with van der Waals surface area (Å²) in [5, 5.41) is 10.3. The number of hydrogen-bond donors (Lipinski definition) is 5. The van der Waals surface area contributed by atoms with E-state index in [1.54, 1.807) is 0 Å². The van der Waals surface area contributed by atoms with Crippen LogP contribution in [0.25, 0.3) is 0 Å². The van der Waals surface area contributed by atoms with Crippen LogP contribution in [0.3, 0.4) is 0 Å². The molecular formula is C15H34N6S2. The van der Waals surface area contributed by atoms with Crippen molar-refractivity contribution < 1.29 is 0 Å². The average Bonchev–Trinajstić information content (AvgIpc) is 2.54. The maximum absolute atomic E-state index is 4.72. The molecule has 0 bridgehead atoms. The van der Waals surface area contributed by atoms with Gasteiger partial charge >= 0.3 is 0 Å². The van der Waals surface area contributed by atoms with Gasteiger partial charge in [-0.1, -0.05) is 65.7 Å². The van der Waals surface area contributed by atoms with E-state index in [0.717, 1.165) is 64.1 Å². The number of guanidine groups is 1. The van der Waals surface area contributed by atoms with Gasteiger partial charge in [0.25, 0.3) is 0 Å². The van der Waals surface area contributed by atoms with Gasteiger partial charge < -0.3 is 5.32 Å². The zero-order valence-corrected chi connectivity index (χ0v) is 16.5. The molecule has 0 aromatic rings. The molecule has 3 N–H and O–H groups in total. The van der Waals surface area contributed by atoms with Crippen molar-refractivity contribution in [2.75, 3.05) is 19.6 Å². The van der Waals surface area contributed by atoms with Crippen molar-refractivity contribution in [1.82, 2.24) is 24.6 Å². The van der Waals surface area contributed by atoms with E-state index in [1.165, 1.54) is 0 Å². The number of rotatable bonds is 11. The molecule has 23 heavy (non-hydrogen) atoms. The van der Waals surface area contributed by atoms with Crippen LogP contribution < -0.4 is 16.0 Å². The highest BCUT2D eigenvalue weighted by atomic mass is 32.1. The van der Waals surface area contributed by atoms with E-state index in [4.69, 9.17) is 4.99 Å². The standard InChI is InChI=1S/C15H34N6S2/c1-4-7-10-16-13-19-14(17-11-8-5-2)21(23)15(20(13)22)18-12-9-6-3/h13,15-16,18,22-23H,4-12H2,1-3H3,(H,17,19). The van der Waals surface area contributed by atoms with Crippen molar-refractivity contribution in [2.45, 2.75) is 71.9 Å². The molecule has 0 amide bonds. The second-order valence-electron chi connectivity index (χ2n) is 5.82. The van der Waals surface area contributed by atoms with Crippen LogP contribution >= 0.6 is 25.6 Å². The second kappa shape index (κ2) is 12.2. The Morgan fingerprint density at radius 2 is 1.48 bits per heavy atom.